The molecule has 0 aliphatic carbocycles. The lowest BCUT2D eigenvalue weighted by Gasteiger charge is -2.14. The number of phenolic OH excluding ortho intramolecular Hbond substituents is 1. The third kappa shape index (κ3) is 2.20. The van der Waals surface area contributed by atoms with E-state index in [1.807, 2.05) is 6.07 Å². The lowest BCUT2D eigenvalue weighted by atomic mass is 10.1. The number of fused-ring (bicyclic) bond motifs is 1. The van der Waals surface area contributed by atoms with Crippen LogP contribution >= 0.6 is 0 Å². The van der Waals surface area contributed by atoms with Crippen LogP contribution in [0.5, 0.6) is 11.5 Å². The van der Waals surface area contributed by atoms with Crippen molar-refractivity contribution in [1.29, 1.82) is 0 Å². The van der Waals surface area contributed by atoms with E-state index >= 15 is 0 Å². The van der Waals surface area contributed by atoms with E-state index in [2.05, 4.69) is 28.4 Å². The second-order valence-electron chi connectivity index (χ2n) is 5.15. The third-order valence-electron chi connectivity index (χ3n) is 3.45. The van der Waals surface area contributed by atoms with Crippen molar-refractivity contribution in [2.24, 2.45) is 0 Å². The molecule has 0 amide bonds. The van der Waals surface area contributed by atoms with Gasteiger partial charge in [0.1, 0.15) is 22.8 Å². The molecule has 3 rings (SSSR count). The number of nitrogens with zero attached hydrogens (tertiary/aromatic N) is 3. The Labute approximate surface area is 122 Å². The Kier molecular flexibility index (Phi) is 3.25. The summed E-state index contributed by atoms with van der Waals surface area (Å²) in [4.78, 5) is 8.74. The highest BCUT2D eigenvalue weighted by Gasteiger charge is 2.18. The molecule has 0 spiro atoms. The predicted molar refractivity (Wildman–Crippen MR) is 81.6 cm³/mol. The topological polar surface area (TPSA) is 60.2 Å². The van der Waals surface area contributed by atoms with Gasteiger partial charge in [-0.15, -0.1) is 0 Å². The molecular formula is C16H17N3O2. The Morgan fingerprint density at radius 3 is 2.76 bits per heavy atom. The van der Waals surface area contributed by atoms with E-state index in [4.69, 9.17) is 4.74 Å². The molecule has 5 nitrogen and oxygen atoms in total. The number of phenols is 1. The Morgan fingerprint density at radius 1 is 1.24 bits per heavy atom. The normalized spacial score (nSPS) is 11.2. The molecule has 1 aromatic carbocycles. The molecule has 0 atom stereocenters. The highest BCUT2D eigenvalue weighted by Crippen LogP contribution is 2.35. The fraction of sp³-hybridized carbons (Fsp3) is 0.250. The number of rotatable bonds is 3. The van der Waals surface area contributed by atoms with Crippen molar-refractivity contribution >= 4 is 11.0 Å². The van der Waals surface area contributed by atoms with Crippen molar-refractivity contribution in [2.45, 2.75) is 19.9 Å². The molecule has 0 aliphatic rings. The number of aromatic nitrogens is 3. The second kappa shape index (κ2) is 5.09. The zero-order valence-electron chi connectivity index (χ0n) is 12.2. The van der Waals surface area contributed by atoms with Crippen LogP contribution in [0.15, 0.2) is 36.7 Å². The van der Waals surface area contributed by atoms with Crippen molar-refractivity contribution in [3.63, 3.8) is 0 Å². The summed E-state index contributed by atoms with van der Waals surface area (Å²) < 4.78 is 7.33. The van der Waals surface area contributed by atoms with Gasteiger partial charge >= 0.3 is 0 Å². The van der Waals surface area contributed by atoms with Crippen LogP contribution in [0.2, 0.25) is 0 Å². The van der Waals surface area contributed by atoms with E-state index in [9.17, 15) is 5.11 Å². The Balaban J connectivity index is 2.32. The fourth-order valence-corrected chi connectivity index (χ4v) is 2.48. The van der Waals surface area contributed by atoms with Crippen LogP contribution in [0, 0.1) is 0 Å². The maximum Gasteiger partial charge on any atom is 0.145 e. The van der Waals surface area contributed by atoms with Gasteiger partial charge in [0.2, 0.25) is 0 Å². The van der Waals surface area contributed by atoms with Gasteiger partial charge in [0.15, 0.2) is 0 Å². The highest BCUT2D eigenvalue weighted by molar-refractivity contribution is 5.81. The van der Waals surface area contributed by atoms with Crippen molar-refractivity contribution < 1.29 is 9.84 Å². The lowest BCUT2D eigenvalue weighted by molar-refractivity contribution is 0.412. The van der Waals surface area contributed by atoms with Gasteiger partial charge in [0.25, 0.3) is 0 Å². The minimum absolute atomic E-state index is 0.181. The highest BCUT2D eigenvalue weighted by atomic mass is 16.5. The number of hydrogen-bond acceptors (Lipinski definition) is 4. The Morgan fingerprint density at radius 2 is 2.05 bits per heavy atom. The van der Waals surface area contributed by atoms with E-state index < -0.39 is 0 Å². The zero-order valence-corrected chi connectivity index (χ0v) is 12.2. The quantitative estimate of drug-likeness (QED) is 0.800. The van der Waals surface area contributed by atoms with E-state index in [0.717, 1.165) is 11.0 Å². The molecule has 3 aromatic rings. The lowest BCUT2D eigenvalue weighted by Crippen LogP contribution is -2.03. The number of ether oxygens (including phenoxy) is 1. The first-order valence-corrected chi connectivity index (χ1v) is 6.81. The van der Waals surface area contributed by atoms with Gasteiger partial charge in [-0.25, -0.2) is 4.98 Å². The van der Waals surface area contributed by atoms with Crippen LogP contribution in [0.4, 0.5) is 0 Å². The number of aromatic hydroxyl groups is 1. The van der Waals surface area contributed by atoms with E-state index in [-0.39, 0.29) is 11.8 Å². The maximum absolute atomic E-state index is 10.2. The molecule has 0 saturated carbocycles. The van der Waals surface area contributed by atoms with E-state index in [1.165, 1.54) is 0 Å². The average Bonchev–Trinajstić information content (AvgIpc) is 2.87. The van der Waals surface area contributed by atoms with Crippen LogP contribution in [-0.4, -0.2) is 26.8 Å². The van der Waals surface area contributed by atoms with Crippen LogP contribution in [0.25, 0.3) is 22.4 Å². The molecule has 2 heterocycles. The van der Waals surface area contributed by atoms with Gasteiger partial charge in [0.05, 0.1) is 24.4 Å². The monoisotopic (exact) mass is 283 g/mol. The number of imidazole rings is 1. The standard InChI is InChI=1S/C16H17N3O2/c1-10(2)19-14-6-7-17-9-13(14)18-16(19)12-8-11(21-3)4-5-15(12)20/h4-10,20H,1-3H3. The summed E-state index contributed by atoms with van der Waals surface area (Å²) in [6, 6.07) is 7.28. The van der Waals surface area contributed by atoms with Gasteiger partial charge in [-0.1, -0.05) is 0 Å². The van der Waals surface area contributed by atoms with Crippen molar-refractivity contribution in [3.8, 4) is 22.9 Å². The van der Waals surface area contributed by atoms with Crippen molar-refractivity contribution in [1.82, 2.24) is 14.5 Å². The third-order valence-corrected chi connectivity index (χ3v) is 3.45. The Hall–Kier alpha value is -2.56. The molecule has 0 radical (unpaired) electrons. The molecule has 108 valence electrons. The van der Waals surface area contributed by atoms with Gasteiger partial charge in [-0.2, -0.15) is 0 Å². The summed E-state index contributed by atoms with van der Waals surface area (Å²) in [5.74, 6) is 1.58. The summed E-state index contributed by atoms with van der Waals surface area (Å²) in [6.07, 6.45) is 3.48. The Bertz CT molecular complexity index is 793. The summed E-state index contributed by atoms with van der Waals surface area (Å²) in [5.41, 5.74) is 2.46. The largest absolute Gasteiger partial charge is 0.507 e. The number of methoxy groups -OCH3 is 1. The molecule has 0 saturated heterocycles. The second-order valence-corrected chi connectivity index (χ2v) is 5.15. The van der Waals surface area contributed by atoms with Gasteiger partial charge in [-0.3, -0.25) is 4.98 Å². The first-order valence-electron chi connectivity index (χ1n) is 6.81. The smallest absolute Gasteiger partial charge is 0.145 e. The number of benzene rings is 1. The summed E-state index contributed by atoms with van der Waals surface area (Å²) >= 11 is 0. The maximum atomic E-state index is 10.2. The van der Waals surface area contributed by atoms with E-state index in [0.29, 0.717) is 17.1 Å². The zero-order chi connectivity index (χ0) is 15.0. The molecule has 1 N–H and O–H groups in total. The minimum Gasteiger partial charge on any atom is -0.507 e. The van der Waals surface area contributed by atoms with Crippen LogP contribution in [-0.2, 0) is 0 Å². The van der Waals surface area contributed by atoms with Gasteiger partial charge in [-0.05, 0) is 38.1 Å². The minimum atomic E-state index is 0.181. The molecule has 0 unspecified atom stereocenters. The fourth-order valence-electron chi connectivity index (χ4n) is 2.48. The van der Waals surface area contributed by atoms with Gasteiger partial charge in [0, 0.05) is 12.2 Å². The van der Waals surface area contributed by atoms with Crippen LogP contribution in [0.1, 0.15) is 19.9 Å². The van der Waals surface area contributed by atoms with Crippen LogP contribution in [0.3, 0.4) is 0 Å². The summed E-state index contributed by atoms with van der Waals surface area (Å²) in [6.45, 7) is 4.17. The number of hydrogen-bond donors (Lipinski definition) is 1. The first-order chi connectivity index (χ1) is 10.1. The first kappa shape index (κ1) is 13.4. The molecule has 5 heteroatoms. The molecule has 0 bridgehead atoms. The average molecular weight is 283 g/mol. The molecule has 0 fully saturated rings. The van der Waals surface area contributed by atoms with Crippen molar-refractivity contribution in [2.75, 3.05) is 7.11 Å². The summed E-state index contributed by atoms with van der Waals surface area (Å²) in [5, 5.41) is 10.2. The van der Waals surface area contributed by atoms with E-state index in [1.54, 1.807) is 37.7 Å². The predicted octanol–water partition coefficient (Wildman–Crippen LogP) is 3.39. The summed E-state index contributed by atoms with van der Waals surface area (Å²) in [7, 11) is 1.60. The van der Waals surface area contributed by atoms with Crippen LogP contribution < -0.4 is 4.74 Å². The molecular weight excluding hydrogens is 266 g/mol. The number of pyridine rings is 1. The SMILES string of the molecule is COc1ccc(O)c(-c2nc3cnccc3n2C(C)C)c1. The van der Waals surface area contributed by atoms with Gasteiger partial charge < -0.3 is 14.4 Å². The molecule has 0 aliphatic heterocycles. The molecule has 21 heavy (non-hydrogen) atoms. The molecule has 2 aromatic heterocycles. The van der Waals surface area contributed by atoms with Crippen molar-refractivity contribution in [3.05, 3.63) is 36.7 Å².